The second-order valence-corrected chi connectivity index (χ2v) is 10.2. The molecule has 3 atom stereocenters. The van der Waals surface area contributed by atoms with Crippen molar-refractivity contribution in [2.75, 3.05) is 23.3 Å². The van der Waals surface area contributed by atoms with Crippen molar-refractivity contribution in [3.8, 4) is 17.0 Å². The maximum atomic E-state index is 12.7. The Bertz CT molecular complexity index is 1310. The standard InChI is InChI=1S/C28H31F3N6O3/c29-28(30,31)40-23-7-3-5-19(17-23)24-14-15-32-27(34-24)35-26-9-2-1-8-25(26)33-20-6-4-16-36(18-20)21-10-12-22(13-11-21)37(38)39/h3,5,7,10-15,17,20,25-26,33H,1-2,4,6,8-9,16,18H2,(H,32,34,35)/t20-,25?,26?/m0/s1. The van der Waals surface area contributed by atoms with E-state index in [0.717, 1.165) is 57.3 Å². The van der Waals surface area contributed by atoms with Crippen molar-refractivity contribution in [1.82, 2.24) is 15.3 Å². The summed E-state index contributed by atoms with van der Waals surface area (Å²) < 4.78 is 42.0. The number of halogens is 3. The van der Waals surface area contributed by atoms with Crippen LogP contribution in [0.5, 0.6) is 5.75 Å². The molecular formula is C28H31F3N6O3. The summed E-state index contributed by atoms with van der Waals surface area (Å²) in [6.45, 7) is 1.71. The van der Waals surface area contributed by atoms with Crippen molar-refractivity contribution in [2.45, 2.75) is 63.0 Å². The van der Waals surface area contributed by atoms with Crippen molar-refractivity contribution < 1.29 is 22.8 Å². The molecule has 1 aliphatic carbocycles. The highest BCUT2D eigenvalue weighted by Gasteiger charge is 2.32. The summed E-state index contributed by atoms with van der Waals surface area (Å²) >= 11 is 0. The summed E-state index contributed by atoms with van der Waals surface area (Å²) in [5.41, 5.74) is 2.06. The Kier molecular flexibility index (Phi) is 8.34. The number of rotatable bonds is 8. The molecule has 12 heteroatoms. The summed E-state index contributed by atoms with van der Waals surface area (Å²) in [7, 11) is 0. The van der Waals surface area contributed by atoms with Gasteiger partial charge in [-0.15, -0.1) is 13.2 Å². The summed E-state index contributed by atoms with van der Waals surface area (Å²) in [6.07, 6.45) is 3.01. The van der Waals surface area contributed by atoms with Gasteiger partial charge in [-0.25, -0.2) is 9.97 Å². The number of nitrogens with one attached hydrogen (secondary N) is 2. The molecule has 1 aliphatic heterocycles. The van der Waals surface area contributed by atoms with Gasteiger partial charge in [-0.2, -0.15) is 0 Å². The number of nitro benzene ring substituents is 1. The van der Waals surface area contributed by atoms with E-state index in [9.17, 15) is 23.3 Å². The molecule has 0 bridgehead atoms. The highest BCUT2D eigenvalue weighted by molar-refractivity contribution is 5.62. The fourth-order valence-electron chi connectivity index (χ4n) is 5.55. The molecule has 1 saturated carbocycles. The number of aromatic nitrogens is 2. The predicted octanol–water partition coefficient (Wildman–Crippen LogP) is 5.93. The van der Waals surface area contributed by atoms with E-state index in [-0.39, 0.29) is 34.5 Å². The molecule has 3 aromatic rings. The average molecular weight is 557 g/mol. The van der Waals surface area contributed by atoms with Crippen LogP contribution in [0.2, 0.25) is 0 Å². The van der Waals surface area contributed by atoms with Crippen molar-refractivity contribution in [3.63, 3.8) is 0 Å². The molecular weight excluding hydrogens is 525 g/mol. The second kappa shape index (κ2) is 12.1. The van der Waals surface area contributed by atoms with Gasteiger partial charge >= 0.3 is 6.36 Å². The Labute approximate surface area is 229 Å². The number of nitro groups is 1. The Hall–Kier alpha value is -3.93. The van der Waals surface area contributed by atoms with Crippen molar-refractivity contribution in [2.24, 2.45) is 0 Å². The van der Waals surface area contributed by atoms with E-state index in [1.165, 1.54) is 18.2 Å². The van der Waals surface area contributed by atoms with E-state index in [1.54, 1.807) is 42.6 Å². The molecule has 2 unspecified atom stereocenters. The fourth-order valence-corrected chi connectivity index (χ4v) is 5.55. The fraction of sp³-hybridized carbons (Fsp3) is 0.429. The van der Waals surface area contributed by atoms with Crippen LogP contribution in [0.4, 0.5) is 30.5 Å². The van der Waals surface area contributed by atoms with Crippen LogP contribution in [0, 0.1) is 10.1 Å². The van der Waals surface area contributed by atoms with E-state index < -0.39 is 6.36 Å². The lowest BCUT2D eigenvalue weighted by Gasteiger charge is -2.40. The van der Waals surface area contributed by atoms with Crippen LogP contribution in [0.25, 0.3) is 11.3 Å². The lowest BCUT2D eigenvalue weighted by atomic mass is 9.89. The van der Waals surface area contributed by atoms with Crippen LogP contribution in [-0.4, -0.2) is 52.5 Å². The first kappa shape index (κ1) is 27.6. The summed E-state index contributed by atoms with van der Waals surface area (Å²) in [5.74, 6) is 0.124. The Morgan fingerprint density at radius 1 is 1.00 bits per heavy atom. The maximum absolute atomic E-state index is 12.7. The third-order valence-electron chi connectivity index (χ3n) is 7.40. The van der Waals surface area contributed by atoms with Gasteiger partial charge in [0.05, 0.1) is 10.6 Å². The van der Waals surface area contributed by atoms with E-state index in [4.69, 9.17) is 0 Å². The summed E-state index contributed by atoms with van der Waals surface area (Å²) in [5, 5.41) is 18.3. The zero-order chi connectivity index (χ0) is 28.1. The van der Waals surface area contributed by atoms with Crippen molar-refractivity contribution in [1.29, 1.82) is 0 Å². The van der Waals surface area contributed by atoms with Gasteiger partial charge in [0.1, 0.15) is 5.75 Å². The normalized spacial score (nSPS) is 21.6. The molecule has 1 aromatic heterocycles. The van der Waals surface area contributed by atoms with Crippen LogP contribution in [0.15, 0.2) is 60.8 Å². The Morgan fingerprint density at radius 3 is 2.52 bits per heavy atom. The van der Waals surface area contributed by atoms with Gasteiger partial charge in [-0.1, -0.05) is 25.0 Å². The lowest BCUT2D eigenvalue weighted by Crippen LogP contribution is -2.55. The molecule has 40 heavy (non-hydrogen) atoms. The molecule has 2 heterocycles. The van der Waals surface area contributed by atoms with Gasteiger partial charge in [-0.3, -0.25) is 10.1 Å². The highest BCUT2D eigenvalue weighted by Crippen LogP contribution is 2.29. The zero-order valence-electron chi connectivity index (χ0n) is 21.8. The van der Waals surface area contributed by atoms with E-state index in [2.05, 4.69) is 30.2 Å². The smallest absolute Gasteiger partial charge is 0.406 e. The first-order valence-electron chi connectivity index (χ1n) is 13.4. The summed E-state index contributed by atoms with van der Waals surface area (Å²) in [6, 6.07) is 14.7. The number of non-ortho nitro benzene ring substituents is 1. The molecule has 9 nitrogen and oxygen atoms in total. The maximum Gasteiger partial charge on any atom is 0.573 e. The van der Waals surface area contributed by atoms with Crippen LogP contribution < -0.4 is 20.3 Å². The monoisotopic (exact) mass is 556 g/mol. The van der Waals surface area contributed by atoms with E-state index >= 15 is 0 Å². The molecule has 0 radical (unpaired) electrons. The lowest BCUT2D eigenvalue weighted by molar-refractivity contribution is -0.384. The van der Waals surface area contributed by atoms with Gasteiger partial charge in [0.15, 0.2) is 0 Å². The van der Waals surface area contributed by atoms with Gasteiger partial charge in [0.2, 0.25) is 5.95 Å². The van der Waals surface area contributed by atoms with Crippen LogP contribution in [0.1, 0.15) is 38.5 Å². The highest BCUT2D eigenvalue weighted by atomic mass is 19.4. The number of anilines is 2. The first-order chi connectivity index (χ1) is 19.2. The molecule has 2 fully saturated rings. The van der Waals surface area contributed by atoms with Crippen LogP contribution >= 0.6 is 0 Å². The second-order valence-electron chi connectivity index (χ2n) is 10.2. The first-order valence-corrected chi connectivity index (χ1v) is 13.4. The quantitative estimate of drug-likeness (QED) is 0.260. The number of ether oxygens (including phenoxy) is 1. The molecule has 2 aromatic carbocycles. The van der Waals surface area contributed by atoms with Crippen LogP contribution in [-0.2, 0) is 0 Å². The molecule has 0 amide bonds. The largest absolute Gasteiger partial charge is 0.573 e. The third-order valence-corrected chi connectivity index (χ3v) is 7.40. The predicted molar refractivity (Wildman–Crippen MR) is 145 cm³/mol. The number of alkyl halides is 3. The van der Waals surface area contributed by atoms with Crippen molar-refractivity contribution in [3.05, 3.63) is 70.9 Å². The molecule has 2 aliphatic rings. The molecule has 0 spiro atoms. The molecule has 212 valence electrons. The van der Waals surface area contributed by atoms with Gasteiger partial charge in [-0.05, 0) is 56.0 Å². The average Bonchev–Trinajstić information content (AvgIpc) is 2.94. The number of piperidine rings is 1. The zero-order valence-corrected chi connectivity index (χ0v) is 21.8. The third kappa shape index (κ3) is 7.17. The Balaban J connectivity index is 1.24. The van der Waals surface area contributed by atoms with Gasteiger partial charge in [0.25, 0.3) is 5.69 Å². The molecule has 1 saturated heterocycles. The minimum atomic E-state index is -4.77. The number of hydrogen-bond acceptors (Lipinski definition) is 8. The topological polar surface area (TPSA) is 105 Å². The van der Waals surface area contributed by atoms with Gasteiger partial charge in [0, 0.05) is 60.8 Å². The minimum absolute atomic E-state index is 0.0835. The number of hydrogen-bond donors (Lipinski definition) is 2. The van der Waals surface area contributed by atoms with Crippen LogP contribution in [0.3, 0.4) is 0 Å². The van der Waals surface area contributed by atoms with Gasteiger partial charge < -0.3 is 20.3 Å². The number of nitrogens with zero attached hydrogens (tertiary/aromatic N) is 4. The van der Waals surface area contributed by atoms with Crippen molar-refractivity contribution >= 4 is 17.3 Å². The molecule has 2 N–H and O–H groups in total. The molecule has 5 rings (SSSR count). The summed E-state index contributed by atoms with van der Waals surface area (Å²) in [4.78, 5) is 21.8. The minimum Gasteiger partial charge on any atom is -0.406 e. The number of benzene rings is 2. The van der Waals surface area contributed by atoms with E-state index in [0.29, 0.717) is 17.2 Å². The van der Waals surface area contributed by atoms with E-state index in [1.807, 2.05) is 0 Å². The SMILES string of the molecule is O=[N+]([O-])c1ccc(N2CCC[C@H](NC3CCCCC3Nc3nccc(-c4cccc(OC(F)(F)F)c4)n3)C2)cc1. The Morgan fingerprint density at radius 2 is 1.77 bits per heavy atom.